The Bertz CT molecular complexity index is 509. The highest BCUT2D eigenvalue weighted by Gasteiger charge is 2.31. The van der Waals surface area contributed by atoms with Crippen molar-refractivity contribution < 1.29 is 14.3 Å². The van der Waals surface area contributed by atoms with Crippen LogP contribution >= 0.6 is 0 Å². The lowest BCUT2D eigenvalue weighted by Crippen LogP contribution is -2.36. The Balaban J connectivity index is 1.64. The molecule has 1 aromatic rings. The van der Waals surface area contributed by atoms with E-state index >= 15 is 0 Å². The normalized spacial score (nSPS) is 23.8. The molecule has 1 heterocycles. The number of piperidine rings is 1. The fraction of sp³-hybridized carbons (Fsp3) is 0.562. The lowest BCUT2D eigenvalue weighted by Gasteiger charge is -2.36. The molecule has 0 saturated carbocycles. The van der Waals surface area contributed by atoms with Gasteiger partial charge in [0.25, 0.3) is 0 Å². The van der Waals surface area contributed by atoms with Gasteiger partial charge in [-0.1, -0.05) is 6.07 Å². The van der Waals surface area contributed by atoms with Crippen LogP contribution in [-0.2, 0) is 11.2 Å². The molecule has 1 saturated heterocycles. The Morgan fingerprint density at radius 2 is 2.05 bits per heavy atom. The second-order valence-electron chi connectivity index (χ2n) is 5.97. The van der Waals surface area contributed by atoms with Crippen LogP contribution in [0.4, 0.5) is 4.39 Å². The van der Waals surface area contributed by atoms with E-state index in [9.17, 15) is 9.18 Å². The third-order valence-corrected chi connectivity index (χ3v) is 4.70. The van der Waals surface area contributed by atoms with Crippen LogP contribution < -0.4 is 0 Å². The van der Waals surface area contributed by atoms with Crippen LogP contribution in [0.3, 0.4) is 0 Å². The van der Waals surface area contributed by atoms with E-state index in [1.165, 1.54) is 5.56 Å². The minimum Gasteiger partial charge on any atom is -0.481 e. The molecule has 0 spiro atoms. The van der Waals surface area contributed by atoms with Gasteiger partial charge in [0.05, 0.1) is 0 Å². The zero-order valence-electron chi connectivity index (χ0n) is 11.5. The largest absolute Gasteiger partial charge is 0.481 e. The number of hydrogen-bond acceptors (Lipinski definition) is 2. The predicted molar refractivity (Wildman–Crippen MR) is 74.0 cm³/mol. The molecule has 0 bridgehead atoms. The van der Waals surface area contributed by atoms with Gasteiger partial charge in [0.2, 0.25) is 0 Å². The average Bonchev–Trinajstić information content (AvgIpc) is 2.82. The van der Waals surface area contributed by atoms with E-state index in [1.807, 2.05) is 6.07 Å². The molecule has 2 aliphatic rings. The molecule has 0 amide bonds. The number of carbonyl (C=O) groups is 1. The Morgan fingerprint density at radius 1 is 1.30 bits per heavy atom. The van der Waals surface area contributed by atoms with Crippen LogP contribution in [0.5, 0.6) is 0 Å². The summed E-state index contributed by atoms with van der Waals surface area (Å²) in [4.78, 5) is 13.2. The highest BCUT2D eigenvalue weighted by atomic mass is 19.1. The molecule has 0 radical (unpaired) electrons. The monoisotopic (exact) mass is 277 g/mol. The summed E-state index contributed by atoms with van der Waals surface area (Å²) in [5, 5.41) is 8.85. The number of carboxylic acids is 1. The molecule has 1 aromatic carbocycles. The predicted octanol–water partition coefficient (Wildman–Crippen LogP) is 3.00. The SMILES string of the molecule is O=C(O)CC1CCN(C2CCc3cc(F)ccc32)CC1. The summed E-state index contributed by atoms with van der Waals surface area (Å²) in [6, 6.07) is 5.53. The van der Waals surface area contributed by atoms with E-state index in [0.29, 0.717) is 18.4 Å². The summed E-state index contributed by atoms with van der Waals surface area (Å²) in [5.74, 6) is -0.521. The minimum atomic E-state index is -0.690. The lowest BCUT2D eigenvalue weighted by atomic mass is 9.92. The van der Waals surface area contributed by atoms with Crippen LogP contribution in [0.25, 0.3) is 0 Å². The maximum Gasteiger partial charge on any atom is 0.303 e. The number of aliphatic carboxylic acids is 1. The summed E-state index contributed by atoms with van der Waals surface area (Å²) in [6.45, 7) is 1.92. The van der Waals surface area contributed by atoms with Gasteiger partial charge in [0.1, 0.15) is 5.82 Å². The van der Waals surface area contributed by atoms with E-state index in [4.69, 9.17) is 5.11 Å². The third-order valence-electron chi connectivity index (χ3n) is 4.70. The number of fused-ring (bicyclic) bond motifs is 1. The number of nitrogens with zero attached hydrogens (tertiary/aromatic N) is 1. The van der Waals surface area contributed by atoms with Gasteiger partial charge in [-0.05, 0) is 68.0 Å². The van der Waals surface area contributed by atoms with Gasteiger partial charge >= 0.3 is 5.97 Å². The van der Waals surface area contributed by atoms with Crippen LogP contribution in [0.1, 0.15) is 42.9 Å². The van der Waals surface area contributed by atoms with Gasteiger partial charge in [-0.2, -0.15) is 0 Å². The first-order valence-electron chi connectivity index (χ1n) is 7.37. The van der Waals surface area contributed by atoms with E-state index in [-0.39, 0.29) is 5.82 Å². The van der Waals surface area contributed by atoms with Crippen molar-refractivity contribution in [2.75, 3.05) is 13.1 Å². The quantitative estimate of drug-likeness (QED) is 0.923. The Hall–Kier alpha value is -1.42. The highest BCUT2D eigenvalue weighted by molar-refractivity contribution is 5.67. The zero-order chi connectivity index (χ0) is 14.1. The molecule has 1 atom stereocenters. The Labute approximate surface area is 118 Å². The molecule has 20 heavy (non-hydrogen) atoms. The van der Waals surface area contributed by atoms with Gasteiger partial charge in [-0.25, -0.2) is 4.39 Å². The minimum absolute atomic E-state index is 0.149. The fourth-order valence-corrected chi connectivity index (χ4v) is 3.66. The standard InChI is InChI=1S/C16H20FNO2/c17-13-2-3-14-12(10-13)1-4-15(14)18-7-5-11(6-8-18)9-16(19)20/h2-3,10-11,15H,1,4-9H2,(H,19,20). The topological polar surface area (TPSA) is 40.5 Å². The molecule has 1 fully saturated rings. The second kappa shape index (κ2) is 5.52. The van der Waals surface area contributed by atoms with Crippen molar-refractivity contribution in [2.24, 2.45) is 5.92 Å². The van der Waals surface area contributed by atoms with Gasteiger partial charge in [0, 0.05) is 12.5 Å². The number of carboxylic acid groups (broad SMARTS) is 1. The first-order valence-corrected chi connectivity index (χ1v) is 7.37. The number of aryl methyl sites for hydroxylation is 1. The number of rotatable bonds is 3. The number of benzene rings is 1. The summed E-state index contributed by atoms with van der Waals surface area (Å²) in [7, 11) is 0. The van der Waals surface area contributed by atoms with Crippen molar-refractivity contribution in [3.05, 3.63) is 35.1 Å². The highest BCUT2D eigenvalue weighted by Crippen LogP contribution is 2.38. The Morgan fingerprint density at radius 3 is 2.75 bits per heavy atom. The summed E-state index contributed by atoms with van der Waals surface area (Å²) < 4.78 is 13.2. The second-order valence-corrected chi connectivity index (χ2v) is 5.97. The van der Waals surface area contributed by atoms with Crippen molar-refractivity contribution in [3.63, 3.8) is 0 Å². The van der Waals surface area contributed by atoms with Gasteiger partial charge in [-0.3, -0.25) is 9.69 Å². The lowest BCUT2D eigenvalue weighted by molar-refractivity contribution is -0.138. The molecule has 3 nitrogen and oxygen atoms in total. The molecule has 1 aliphatic heterocycles. The third kappa shape index (κ3) is 2.70. The molecule has 4 heteroatoms. The summed E-state index contributed by atoms with van der Waals surface area (Å²) in [5.41, 5.74) is 2.41. The van der Waals surface area contributed by atoms with Crippen molar-refractivity contribution in [1.29, 1.82) is 0 Å². The van der Waals surface area contributed by atoms with Crippen LogP contribution in [0.2, 0.25) is 0 Å². The molecule has 0 aromatic heterocycles. The van der Waals surface area contributed by atoms with E-state index < -0.39 is 5.97 Å². The maximum absolute atomic E-state index is 13.2. The number of halogens is 1. The number of likely N-dealkylation sites (tertiary alicyclic amines) is 1. The van der Waals surface area contributed by atoms with Crippen molar-refractivity contribution in [3.8, 4) is 0 Å². The summed E-state index contributed by atoms with van der Waals surface area (Å²) >= 11 is 0. The van der Waals surface area contributed by atoms with Gasteiger partial charge in [0.15, 0.2) is 0 Å². The van der Waals surface area contributed by atoms with Crippen LogP contribution in [0.15, 0.2) is 18.2 Å². The zero-order valence-corrected chi connectivity index (χ0v) is 11.5. The maximum atomic E-state index is 13.2. The van der Waals surface area contributed by atoms with Crippen molar-refractivity contribution in [2.45, 2.75) is 38.1 Å². The molecule has 1 aliphatic carbocycles. The molecule has 1 N–H and O–H groups in total. The van der Waals surface area contributed by atoms with E-state index in [1.54, 1.807) is 12.1 Å². The summed E-state index contributed by atoms with van der Waals surface area (Å²) in [6.07, 6.45) is 4.22. The van der Waals surface area contributed by atoms with Crippen molar-refractivity contribution >= 4 is 5.97 Å². The molecule has 1 unspecified atom stereocenters. The van der Waals surface area contributed by atoms with Crippen LogP contribution in [0, 0.1) is 11.7 Å². The molecule has 3 rings (SSSR count). The number of hydrogen-bond donors (Lipinski definition) is 1. The molecular weight excluding hydrogens is 257 g/mol. The average molecular weight is 277 g/mol. The molecular formula is C16H20FNO2. The van der Waals surface area contributed by atoms with E-state index in [0.717, 1.165) is 44.3 Å². The smallest absolute Gasteiger partial charge is 0.303 e. The van der Waals surface area contributed by atoms with E-state index in [2.05, 4.69) is 4.90 Å². The van der Waals surface area contributed by atoms with Gasteiger partial charge < -0.3 is 5.11 Å². The first-order chi connectivity index (χ1) is 9.63. The van der Waals surface area contributed by atoms with Crippen LogP contribution in [-0.4, -0.2) is 29.1 Å². The Kier molecular flexibility index (Phi) is 3.74. The first kappa shape index (κ1) is 13.6. The van der Waals surface area contributed by atoms with Gasteiger partial charge in [-0.15, -0.1) is 0 Å². The fourth-order valence-electron chi connectivity index (χ4n) is 3.66. The van der Waals surface area contributed by atoms with Crippen molar-refractivity contribution in [1.82, 2.24) is 4.90 Å². The molecule has 108 valence electrons.